The number of carbonyl (C=O) groups is 1. The van der Waals surface area contributed by atoms with Crippen molar-refractivity contribution in [2.24, 2.45) is 5.92 Å². The van der Waals surface area contributed by atoms with Crippen molar-refractivity contribution in [2.75, 3.05) is 13.2 Å². The molecule has 1 N–H and O–H groups in total. The molecule has 0 bridgehead atoms. The summed E-state index contributed by atoms with van der Waals surface area (Å²) in [5.41, 5.74) is 0.338. The Kier molecular flexibility index (Phi) is 3.32. The van der Waals surface area contributed by atoms with Crippen LogP contribution in [0.5, 0.6) is 0 Å². The molecule has 0 spiro atoms. The molecule has 3 heteroatoms. The maximum absolute atomic E-state index is 11.3. The fourth-order valence-electron chi connectivity index (χ4n) is 1.55. The van der Waals surface area contributed by atoms with E-state index in [-0.39, 0.29) is 11.5 Å². The van der Waals surface area contributed by atoms with Gasteiger partial charge in [0.1, 0.15) is 0 Å². The lowest BCUT2D eigenvalue weighted by molar-refractivity contribution is -0.119. The highest BCUT2D eigenvalue weighted by Crippen LogP contribution is 2.30. The van der Waals surface area contributed by atoms with E-state index < -0.39 is 0 Å². The average Bonchev–Trinajstić information content (AvgIpc) is 2.44. The largest absolute Gasteiger partial charge is 0.373 e. The second-order valence-electron chi connectivity index (χ2n) is 4.31. The SMILES string of the molecule is C=C(C)C(=O)NCC1(C)OCCC1C. The van der Waals surface area contributed by atoms with Crippen molar-refractivity contribution in [3.63, 3.8) is 0 Å². The number of rotatable bonds is 3. The first-order valence-electron chi connectivity index (χ1n) is 5.03. The zero-order chi connectivity index (χ0) is 10.8. The maximum Gasteiger partial charge on any atom is 0.246 e. The first kappa shape index (κ1) is 11.2. The summed E-state index contributed by atoms with van der Waals surface area (Å²) < 4.78 is 5.64. The van der Waals surface area contributed by atoms with Crippen molar-refractivity contribution in [3.05, 3.63) is 12.2 Å². The van der Waals surface area contributed by atoms with Gasteiger partial charge in [0.05, 0.1) is 5.60 Å². The van der Waals surface area contributed by atoms with Gasteiger partial charge in [0, 0.05) is 18.7 Å². The molecule has 0 aromatic carbocycles. The van der Waals surface area contributed by atoms with E-state index in [2.05, 4.69) is 18.8 Å². The zero-order valence-electron chi connectivity index (χ0n) is 9.22. The second-order valence-corrected chi connectivity index (χ2v) is 4.31. The standard InChI is InChI=1S/C11H19NO2/c1-8(2)10(13)12-7-11(4)9(3)5-6-14-11/h9H,1,5-7H2,2-4H3,(H,12,13). The highest BCUT2D eigenvalue weighted by molar-refractivity contribution is 5.92. The van der Waals surface area contributed by atoms with Crippen molar-refractivity contribution in [3.8, 4) is 0 Å². The predicted octanol–water partition coefficient (Wildman–Crippen LogP) is 1.49. The molecule has 1 saturated heterocycles. The Balaban J connectivity index is 2.44. The molecule has 1 heterocycles. The Bertz CT molecular complexity index is 250. The smallest absolute Gasteiger partial charge is 0.246 e. The van der Waals surface area contributed by atoms with Gasteiger partial charge in [-0.15, -0.1) is 0 Å². The molecule has 1 aliphatic rings. The lowest BCUT2D eigenvalue weighted by Crippen LogP contribution is -2.43. The Morgan fingerprint density at radius 1 is 1.71 bits per heavy atom. The highest BCUT2D eigenvalue weighted by atomic mass is 16.5. The van der Waals surface area contributed by atoms with Crippen LogP contribution in [0.2, 0.25) is 0 Å². The molecule has 0 saturated carbocycles. The predicted molar refractivity (Wildman–Crippen MR) is 56.0 cm³/mol. The zero-order valence-corrected chi connectivity index (χ0v) is 9.22. The minimum absolute atomic E-state index is 0.0890. The maximum atomic E-state index is 11.3. The van der Waals surface area contributed by atoms with Crippen LogP contribution in [-0.2, 0) is 9.53 Å². The molecule has 2 unspecified atom stereocenters. The van der Waals surface area contributed by atoms with Gasteiger partial charge in [0.2, 0.25) is 5.91 Å². The molecule has 1 rings (SSSR count). The van der Waals surface area contributed by atoms with Crippen molar-refractivity contribution in [1.82, 2.24) is 5.32 Å². The van der Waals surface area contributed by atoms with Crippen LogP contribution in [-0.4, -0.2) is 24.7 Å². The molecular formula is C11H19NO2. The van der Waals surface area contributed by atoms with Crippen LogP contribution in [0.4, 0.5) is 0 Å². The normalized spacial score (nSPS) is 31.5. The van der Waals surface area contributed by atoms with Crippen molar-refractivity contribution in [1.29, 1.82) is 0 Å². The average molecular weight is 197 g/mol. The van der Waals surface area contributed by atoms with Gasteiger partial charge in [-0.25, -0.2) is 0 Å². The van der Waals surface area contributed by atoms with Gasteiger partial charge in [-0.2, -0.15) is 0 Å². The number of ether oxygens (including phenoxy) is 1. The van der Waals surface area contributed by atoms with Gasteiger partial charge in [-0.3, -0.25) is 4.79 Å². The molecule has 1 amide bonds. The fraction of sp³-hybridized carbons (Fsp3) is 0.727. The van der Waals surface area contributed by atoms with Gasteiger partial charge in [-0.05, 0) is 26.2 Å². The molecule has 2 atom stereocenters. The van der Waals surface area contributed by atoms with Gasteiger partial charge in [0.15, 0.2) is 0 Å². The quantitative estimate of drug-likeness (QED) is 0.696. The molecule has 80 valence electrons. The first-order chi connectivity index (χ1) is 6.46. The van der Waals surface area contributed by atoms with Gasteiger partial charge >= 0.3 is 0 Å². The van der Waals surface area contributed by atoms with Crippen LogP contribution < -0.4 is 5.32 Å². The Hall–Kier alpha value is -0.830. The minimum atomic E-state index is -0.203. The minimum Gasteiger partial charge on any atom is -0.373 e. The lowest BCUT2D eigenvalue weighted by Gasteiger charge is -2.28. The topological polar surface area (TPSA) is 38.3 Å². The molecule has 0 radical (unpaired) electrons. The molecule has 0 aliphatic carbocycles. The Morgan fingerprint density at radius 2 is 2.36 bits per heavy atom. The molecular weight excluding hydrogens is 178 g/mol. The number of hydrogen-bond acceptors (Lipinski definition) is 2. The van der Waals surface area contributed by atoms with E-state index in [1.54, 1.807) is 6.92 Å². The van der Waals surface area contributed by atoms with E-state index in [1.807, 2.05) is 6.92 Å². The summed E-state index contributed by atoms with van der Waals surface area (Å²) in [4.78, 5) is 11.3. The van der Waals surface area contributed by atoms with E-state index in [1.165, 1.54) is 0 Å². The molecule has 1 aliphatic heterocycles. The van der Waals surface area contributed by atoms with Crippen LogP contribution in [0, 0.1) is 5.92 Å². The van der Waals surface area contributed by atoms with E-state index in [0.29, 0.717) is 18.0 Å². The Morgan fingerprint density at radius 3 is 2.79 bits per heavy atom. The van der Waals surface area contributed by atoms with E-state index in [9.17, 15) is 4.79 Å². The van der Waals surface area contributed by atoms with E-state index in [4.69, 9.17) is 4.74 Å². The summed E-state index contributed by atoms with van der Waals surface area (Å²) in [5.74, 6) is 0.404. The third-order valence-corrected chi connectivity index (χ3v) is 3.01. The molecule has 0 aromatic heterocycles. The number of carbonyl (C=O) groups excluding carboxylic acids is 1. The summed E-state index contributed by atoms with van der Waals surface area (Å²) in [6.45, 7) is 10.9. The summed E-state index contributed by atoms with van der Waals surface area (Å²) in [6.07, 6.45) is 1.07. The van der Waals surface area contributed by atoms with Crippen molar-refractivity contribution < 1.29 is 9.53 Å². The van der Waals surface area contributed by atoms with Crippen LogP contribution in [0.1, 0.15) is 27.2 Å². The van der Waals surface area contributed by atoms with E-state index in [0.717, 1.165) is 13.0 Å². The lowest BCUT2D eigenvalue weighted by atomic mass is 9.91. The van der Waals surface area contributed by atoms with Gasteiger partial charge in [-0.1, -0.05) is 13.5 Å². The van der Waals surface area contributed by atoms with Crippen LogP contribution in [0.25, 0.3) is 0 Å². The summed E-state index contributed by atoms with van der Waals surface area (Å²) >= 11 is 0. The number of nitrogens with one attached hydrogen (secondary N) is 1. The third kappa shape index (κ3) is 2.35. The van der Waals surface area contributed by atoms with Gasteiger partial charge < -0.3 is 10.1 Å². The van der Waals surface area contributed by atoms with Crippen molar-refractivity contribution in [2.45, 2.75) is 32.8 Å². The number of amides is 1. The summed E-state index contributed by atoms with van der Waals surface area (Å²) in [5, 5.41) is 2.83. The molecule has 0 aromatic rings. The van der Waals surface area contributed by atoms with E-state index >= 15 is 0 Å². The second kappa shape index (κ2) is 4.13. The summed E-state index contributed by atoms with van der Waals surface area (Å²) in [7, 11) is 0. The monoisotopic (exact) mass is 197 g/mol. The third-order valence-electron chi connectivity index (χ3n) is 3.01. The van der Waals surface area contributed by atoms with Crippen molar-refractivity contribution >= 4 is 5.91 Å². The fourth-order valence-corrected chi connectivity index (χ4v) is 1.55. The highest BCUT2D eigenvalue weighted by Gasteiger charge is 2.37. The molecule has 1 fully saturated rings. The van der Waals surface area contributed by atoms with Gasteiger partial charge in [0.25, 0.3) is 0 Å². The molecule has 14 heavy (non-hydrogen) atoms. The summed E-state index contributed by atoms with van der Waals surface area (Å²) in [6, 6.07) is 0. The number of hydrogen-bond donors (Lipinski definition) is 1. The Labute approximate surface area is 85.5 Å². The van der Waals surface area contributed by atoms with Crippen LogP contribution >= 0.6 is 0 Å². The first-order valence-corrected chi connectivity index (χ1v) is 5.03. The van der Waals surface area contributed by atoms with Crippen LogP contribution in [0.15, 0.2) is 12.2 Å². The van der Waals surface area contributed by atoms with Crippen LogP contribution in [0.3, 0.4) is 0 Å². The molecule has 3 nitrogen and oxygen atoms in total.